The van der Waals surface area contributed by atoms with Gasteiger partial charge in [0.25, 0.3) is 0 Å². The van der Waals surface area contributed by atoms with E-state index in [1.54, 1.807) is 0 Å². The normalized spacial score (nSPS) is 21.5. The SMILES string of the molecule is CCCNCC1CCN(CCOCC(C)C)C1. The van der Waals surface area contributed by atoms with Crippen LogP contribution in [-0.2, 0) is 4.74 Å². The maximum Gasteiger partial charge on any atom is 0.0593 e. The van der Waals surface area contributed by atoms with Gasteiger partial charge in [-0.3, -0.25) is 0 Å². The van der Waals surface area contributed by atoms with Gasteiger partial charge in [-0.05, 0) is 44.3 Å². The second-order valence-corrected chi connectivity index (χ2v) is 5.63. The van der Waals surface area contributed by atoms with E-state index in [0.717, 1.165) is 32.2 Å². The Morgan fingerprint density at radius 3 is 2.94 bits per heavy atom. The van der Waals surface area contributed by atoms with E-state index < -0.39 is 0 Å². The molecule has 0 bridgehead atoms. The predicted octanol–water partition coefficient (Wildman–Crippen LogP) is 1.98. The number of hydrogen-bond donors (Lipinski definition) is 1. The fourth-order valence-corrected chi connectivity index (χ4v) is 2.28. The molecule has 0 aliphatic carbocycles. The van der Waals surface area contributed by atoms with Crippen molar-refractivity contribution in [3.8, 4) is 0 Å². The summed E-state index contributed by atoms with van der Waals surface area (Å²) in [5.41, 5.74) is 0. The highest BCUT2D eigenvalue weighted by Gasteiger charge is 2.21. The Morgan fingerprint density at radius 2 is 2.24 bits per heavy atom. The monoisotopic (exact) mass is 242 g/mol. The number of likely N-dealkylation sites (tertiary alicyclic amines) is 1. The third-order valence-electron chi connectivity index (χ3n) is 3.23. The Balaban J connectivity index is 1.97. The molecule has 1 aliphatic rings. The lowest BCUT2D eigenvalue weighted by molar-refractivity contribution is 0.0903. The van der Waals surface area contributed by atoms with Crippen LogP contribution in [0.5, 0.6) is 0 Å². The summed E-state index contributed by atoms with van der Waals surface area (Å²) in [7, 11) is 0. The van der Waals surface area contributed by atoms with Gasteiger partial charge >= 0.3 is 0 Å². The molecular weight excluding hydrogens is 212 g/mol. The third-order valence-corrected chi connectivity index (χ3v) is 3.23. The van der Waals surface area contributed by atoms with E-state index in [0.29, 0.717) is 5.92 Å². The van der Waals surface area contributed by atoms with Crippen LogP contribution >= 0.6 is 0 Å². The first kappa shape index (κ1) is 14.9. The molecule has 0 amide bonds. The smallest absolute Gasteiger partial charge is 0.0593 e. The summed E-state index contributed by atoms with van der Waals surface area (Å²) in [6.07, 6.45) is 2.58. The minimum atomic E-state index is 0.652. The second kappa shape index (κ2) is 8.90. The van der Waals surface area contributed by atoms with Crippen molar-refractivity contribution in [1.82, 2.24) is 10.2 Å². The fraction of sp³-hybridized carbons (Fsp3) is 1.00. The lowest BCUT2D eigenvalue weighted by atomic mass is 10.1. The van der Waals surface area contributed by atoms with Gasteiger partial charge in [-0.1, -0.05) is 20.8 Å². The predicted molar refractivity (Wildman–Crippen MR) is 73.4 cm³/mol. The minimum absolute atomic E-state index is 0.652. The molecule has 0 spiro atoms. The molecule has 1 unspecified atom stereocenters. The van der Waals surface area contributed by atoms with E-state index >= 15 is 0 Å². The molecule has 1 aliphatic heterocycles. The van der Waals surface area contributed by atoms with Crippen LogP contribution in [0.25, 0.3) is 0 Å². The summed E-state index contributed by atoms with van der Waals surface area (Å²) in [6, 6.07) is 0. The Bertz CT molecular complexity index is 185. The Labute approximate surface area is 107 Å². The van der Waals surface area contributed by atoms with Crippen LogP contribution in [0.3, 0.4) is 0 Å². The highest BCUT2D eigenvalue weighted by Crippen LogP contribution is 2.14. The summed E-state index contributed by atoms with van der Waals surface area (Å²) in [6.45, 7) is 14.4. The van der Waals surface area contributed by atoms with Crippen LogP contribution in [0, 0.1) is 11.8 Å². The van der Waals surface area contributed by atoms with Crippen molar-refractivity contribution in [1.29, 1.82) is 0 Å². The van der Waals surface area contributed by atoms with Gasteiger partial charge in [-0.15, -0.1) is 0 Å². The number of rotatable bonds is 9. The van der Waals surface area contributed by atoms with E-state index in [4.69, 9.17) is 4.74 Å². The molecule has 0 radical (unpaired) electrons. The molecule has 1 rings (SSSR count). The van der Waals surface area contributed by atoms with Crippen LogP contribution < -0.4 is 5.32 Å². The summed E-state index contributed by atoms with van der Waals surface area (Å²) in [5.74, 6) is 1.51. The molecule has 1 saturated heterocycles. The van der Waals surface area contributed by atoms with Gasteiger partial charge in [0, 0.05) is 19.7 Å². The molecule has 1 fully saturated rings. The number of nitrogens with zero attached hydrogens (tertiary/aromatic N) is 1. The maximum absolute atomic E-state index is 5.63. The lowest BCUT2D eigenvalue weighted by Crippen LogP contribution is -2.29. The van der Waals surface area contributed by atoms with E-state index in [2.05, 4.69) is 31.0 Å². The molecule has 0 aromatic rings. The summed E-state index contributed by atoms with van der Waals surface area (Å²) in [5, 5.41) is 3.52. The largest absolute Gasteiger partial charge is 0.380 e. The van der Waals surface area contributed by atoms with Gasteiger partial charge in [-0.2, -0.15) is 0 Å². The molecule has 0 aromatic heterocycles. The van der Waals surface area contributed by atoms with E-state index in [-0.39, 0.29) is 0 Å². The summed E-state index contributed by atoms with van der Waals surface area (Å²) in [4.78, 5) is 2.54. The van der Waals surface area contributed by atoms with Crippen molar-refractivity contribution < 1.29 is 4.74 Å². The first-order valence-electron chi connectivity index (χ1n) is 7.23. The van der Waals surface area contributed by atoms with Crippen molar-refractivity contribution >= 4 is 0 Å². The van der Waals surface area contributed by atoms with E-state index in [1.807, 2.05) is 0 Å². The Kier molecular flexibility index (Phi) is 7.82. The molecule has 3 nitrogen and oxygen atoms in total. The van der Waals surface area contributed by atoms with Gasteiger partial charge in [0.05, 0.1) is 6.61 Å². The van der Waals surface area contributed by atoms with Gasteiger partial charge in [0.1, 0.15) is 0 Å². The Hall–Kier alpha value is -0.120. The highest BCUT2D eigenvalue weighted by atomic mass is 16.5. The number of ether oxygens (including phenoxy) is 1. The van der Waals surface area contributed by atoms with Gasteiger partial charge in [-0.25, -0.2) is 0 Å². The van der Waals surface area contributed by atoms with Crippen LogP contribution in [0.2, 0.25) is 0 Å². The first-order valence-corrected chi connectivity index (χ1v) is 7.23. The second-order valence-electron chi connectivity index (χ2n) is 5.63. The quantitative estimate of drug-likeness (QED) is 0.626. The standard InChI is InChI=1S/C14H30N2O/c1-4-6-15-10-14-5-7-16(11-14)8-9-17-12-13(2)3/h13-15H,4-12H2,1-3H3. The topological polar surface area (TPSA) is 24.5 Å². The molecule has 3 heteroatoms. The minimum Gasteiger partial charge on any atom is -0.380 e. The lowest BCUT2D eigenvalue weighted by Gasteiger charge is -2.16. The molecule has 1 heterocycles. The van der Waals surface area contributed by atoms with Crippen molar-refractivity contribution in [3.05, 3.63) is 0 Å². The molecule has 0 aromatic carbocycles. The van der Waals surface area contributed by atoms with Gasteiger partial charge < -0.3 is 15.0 Å². The van der Waals surface area contributed by atoms with Crippen LogP contribution in [-0.4, -0.2) is 50.8 Å². The van der Waals surface area contributed by atoms with Crippen molar-refractivity contribution in [3.63, 3.8) is 0 Å². The van der Waals surface area contributed by atoms with Crippen molar-refractivity contribution in [2.24, 2.45) is 11.8 Å². The highest BCUT2D eigenvalue weighted by molar-refractivity contribution is 4.76. The van der Waals surface area contributed by atoms with E-state index in [1.165, 1.54) is 32.5 Å². The third kappa shape index (κ3) is 7.02. The fourth-order valence-electron chi connectivity index (χ4n) is 2.28. The average Bonchev–Trinajstić information content (AvgIpc) is 2.73. The van der Waals surface area contributed by atoms with Gasteiger partial charge in [0.2, 0.25) is 0 Å². The van der Waals surface area contributed by atoms with Crippen LogP contribution in [0.15, 0.2) is 0 Å². The molecular formula is C14H30N2O. The zero-order valence-electron chi connectivity index (χ0n) is 11.9. The van der Waals surface area contributed by atoms with E-state index in [9.17, 15) is 0 Å². The zero-order valence-corrected chi connectivity index (χ0v) is 11.9. The molecule has 102 valence electrons. The first-order chi connectivity index (χ1) is 8.22. The molecule has 1 N–H and O–H groups in total. The number of nitrogens with one attached hydrogen (secondary N) is 1. The van der Waals surface area contributed by atoms with Crippen molar-refractivity contribution in [2.45, 2.75) is 33.6 Å². The van der Waals surface area contributed by atoms with Crippen molar-refractivity contribution in [2.75, 3.05) is 45.9 Å². The van der Waals surface area contributed by atoms with Gasteiger partial charge in [0.15, 0.2) is 0 Å². The molecule has 17 heavy (non-hydrogen) atoms. The summed E-state index contributed by atoms with van der Waals surface area (Å²) < 4.78 is 5.63. The summed E-state index contributed by atoms with van der Waals surface area (Å²) >= 11 is 0. The van der Waals surface area contributed by atoms with Crippen LogP contribution in [0.4, 0.5) is 0 Å². The zero-order chi connectivity index (χ0) is 12.5. The maximum atomic E-state index is 5.63. The molecule has 0 saturated carbocycles. The molecule has 1 atom stereocenters. The number of hydrogen-bond acceptors (Lipinski definition) is 3. The van der Waals surface area contributed by atoms with Crippen LogP contribution in [0.1, 0.15) is 33.6 Å². The average molecular weight is 242 g/mol. The Morgan fingerprint density at radius 1 is 1.41 bits per heavy atom.